The van der Waals surface area contributed by atoms with Crippen LogP contribution in [0.5, 0.6) is 0 Å². The Bertz CT molecular complexity index is 769. The highest BCUT2D eigenvalue weighted by Crippen LogP contribution is 2.22. The number of carbonyl (C=O) groups is 2. The number of nitrogens with zero attached hydrogens (tertiary/aromatic N) is 2. The molecule has 0 radical (unpaired) electrons. The summed E-state index contributed by atoms with van der Waals surface area (Å²) in [6.07, 6.45) is 4.51. The smallest absolute Gasteiger partial charge is 0.273 e. The summed E-state index contributed by atoms with van der Waals surface area (Å²) in [5, 5.41) is 9.75. The lowest BCUT2D eigenvalue weighted by Gasteiger charge is -2.23. The van der Waals surface area contributed by atoms with Crippen molar-refractivity contribution in [2.45, 2.75) is 58.3 Å². The highest BCUT2D eigenvalue weighted by Gasteiger charge is 2.38. The van der Waals surface area contributed by atoms with Gasteiger partial charge in [-0.15, -0.1) is 0 Å². The molecule has 2 aromatic rings. The predicted octanol–water partition coefficient (Wildman–Crippen LogP) is 1.73. The largest absolute Gasteiger partial charge is 0.472 e. The molecule has 1 saturated heterocycles. The minimum absolute atomic E-state index is 0.0278. The van der Waals surface area contributed by atoms with Gasteiger partial charge in [-0.05, 0) is 26.3 Å². The van der Waals surface area contributed by atoms with Crippen LogP contribution in [0.4, 0.5) is 0 Å². The second kappa shape index (κ2) is 8.39. The molecule has 1 aliphatic heterocycles. The first-order valence-electron chi connectivity index (χ1n) is 9.28. The van der Waals surface area contributed by atoms with E-state index < -0.39 is 0 Å². The zero-order chi connectivity index (χ0) is 19.4. The number of likely N-dealkylation sites (tertiary alicyclic amines) is 1. The standard InChI is InChI=1S/C19H26N4O4/c1-4-15-8-16(22-27-15)18(24)21-14-7-17(19(25)20-12(2)3)23(10-14)9-13-5-6-26-11-13/h5-6,8,11-12,14,17H,4,7,9-10H2,1-3H3,(H,20,25)(H,21,24)/t14-,17+/m1/s1. The molecular weight excluding hydrogens is 348 g/mol. The van der Waals surface area contributed by atoms with Crippen LogP contribution in [-0.4, -0.2) is 46.5 Å². The Hall–Kier alpha value is -2.61. The van der Waals surface area contributed by atoms with Crippen molar-refractivity contribution in [3.8, 4) is 0 Å². The van der Waals surface area contributed by atoms with Crippen molar-refractivity contribution in [1.82, 2.24) is 20.7 Å². The van der Waals surface area contributed by atoms with Gasteiger partial charge in [-0.25, -0.2) is 0 Å². The van der Waals surface area contributed by atoms with E-state index in [1.807, 2.05) is 26.8 Å². The molecule has 0 aromatic carbocycles. The first-order chi connectivity index (χ1) is 13.0. The van der Waals surface area contributed by atoms with Gasteiger partial charge < -0.3 is 19.6 Å². The molecule has 0 bridgehead atoms. The monoisotopic (exact) mass is 374 g/mol. The maximum absolute atomic E-state index is 12.6. The first-order valence-corrected chi connectivity index (χ1v) is 9.28. The summed E-state index contributed by atoms with van der Waals surface area (Å²) in [5.74, 6) is 0.360. The summed E-state index contributed by atoms with van der Waals surface area (Å²) >= 11 is 0. The normalized spacial score (nSPS) is 20.1. The van der Waals surface area contributed by atoms with Gasteiger partial charge in [-0.2, -0.15) is 0 Å². The van der Waals surface area contributed by atoms with Crippen LogP contribution in [0.15, 0.2) is 33.6 Å². The Balaban J connectivity index is 1.67. The van der Waals surface area contributed by atoms with Gasteiger partial charge in [-0.3, -0.25) is 14.5 Å². The van der Waals surface area contributed by atoms with Crippen LogP contribution >= 0.6 is 0 Å². The molecular formula is C19H26N4O4. The number of hydrogen-bond acceptors (Lipinski definition) is 6. The summed E-state index contributed by atoms with van der Waals surface area (Å²) in [5.41, 5.74) is 1.26. The van der Waals surface area contributed by atoms with Gasteiger partial charge in [0, 0.05) is 43.2 Å². The number of nitrogens with one attached hydrogen (secondary N) is 2. The molecule has 146 valence electrons. The van der Waals surface area contributed by atoms with Crippen LogP contribution in [-0.2, 0) is 17.8 Å². The number of aromatic nitrogens is 1. The lowest BCUT2D eigenvalue weighted by molar-refractivity contribution is -0.126. The molecule has 2 N–H and O–H groups in total. The van der Waals surface area contributed by atoms with E-state index >= 15 is 0 Å². The molecule has 2 amide bonds. The fraction of sp³-hybridized carbons (Fsp3) is 0.526. The summed E-state index contributed by atoms with van der Waals surface area (Å²) in [7, 11) is 0. The van der Waals surface area contributed by atoms with Crippen LogP contribution in [0, 0.1) is 0 Å². The van der Waals surface area contributed by atoms with Gasteiger partial charge in [0.05, 0.1) is 18.6 Å². The van der Waals surface area contributed by atoms with Crippen molar-refractivity contribution in [3.63, 3.8) is 0 Å². The van der Waals surface area contributed by atoms with E-state index in [4.69, 9.17) is 8.94 Å². The lowest BCUT2D eigenvalue weighted by Crippen LogP contribution is -2.45. The van der Waals surface area contributed by atoms with E-state index in [0.717, 1.165) is 5.56 Å². The number of carbonyl (C=O) groups excluding carboxylic acids is 2. The third kappa shape index (κ3) is 4.77. The van der Waals surface area contributed by atoms with Crippen molar-refractivity contribution in [2.24, 2.45) is 0 Å². The topological polar surface area (TPSA) is 101 Å². The predicted molar refractivity (Wildman–Crippen MR) is 97.9 cm³/mol. The average molecular weight is 374 g/mol. The number of aryl methyl sites for hydroxylation is 1. The van der Waals surface area contributed by atoms with Crippen LogP contribution in [0.3, 0.4) is 0 Å². The zero-order valence-electron chi connectivity index (χ0n) is 15.9. The zero-order valence-corrected chi connectivity index (χ0v) is 15.9. The Morgan fingerprint density at radius 3 is 2.85 bits per heavy atom. The van der Waals surface area contributed by atoms with Crippen molar-refractivity contribution in [3.05, 3.63) is 41.7 Å². The highest BCUT2D eigenvalue weighted by atomic mass is 16.5. The fourth-order valence-corrected chi connectivity index (χ4v) is 3.30. The van der Waals surface area contributed by atoms with E-state index in [2.05, 4.69) is 20.7 Å². The third-order valence-electron chi connectivity index (χ3n) is 4.58. The van der Waals surface area contributed by atoms with Gasteiger partial charge in [0.1, 0.15) is 5.76 Å². The minimum Gasteiger partial charge on any atom is -0.472 e. The van der Waals surface area contributed by atoms with Gasteiger partial charge >= 0.3 is 0 Å². The Morgan fingerprint density at radius 2 is 2.22 bits per heavy atom. The van der Waals surface area contributed by atoms with Crippen LogP contribution in [0.1, 0.15) is 49.0 Å². The SMILES string of the molecule is CCc1cc(C(=O)N[C@@H]2C[C@@H](C(=O)NC(C)C)N(Cc3ccoc3)C2)no1. The Morgan fingerprint density at radius 1 is 1.41 bits per heavy atom. The molecule has 8 heteroatoms. The molecule has 8 nitrogen and oxygen atoms in total. The van der Waals surface area contributed by atoms with Gasteiger partial charge in [0.2, 0.25) is 5.91 Å². The molecule has 0 spiro atoms. The highest BCUT2D eigenvalue weighted by molar-refractivity contribution is 5.92. The van der Waals surface area contributed by atoms with Crippen molar-refractivity contribution >= 4 is 11.8 Å². The summed E-state index contributed by atoms with van der Waals surface area (Å²) in [6, 6.07) is 3.14. The van der Waals surface area contributed by atoms with Crippen LogP contribution in [0.2, 0.25) is 0 Å². The van der Waals surface area contributed by atoms with Crippen molar-refractivity contribution < 1.29 is 18.5 Å². The molecule has 3 rings (SSSR count). The summed E-state index contributed by atoms with van der Waals surface area (Å²) in [4.78, 5) is 27.1. The molecule has 0 saturated carbocycles. The lowest BCUT2D eigenvalue weighted by atomic mass is 10.1. The maximum Gasteiger partial charge on any atom is 0.273 e. The Kier molecular flexibility index (Phi) is 5.95. The van der Waals surface area contributed by atoms with E-state index in [0.29, 0.717) is 31.7 Å². The number of furan rings is 1. The molecule has 27 heavy (non-hydrogen) atoms. The molecule has 0 unspecified atom stereocenters. The molecule has 2 aromatic heterocycles. The minimum atomic E-state index is -0.309. The van der Waals surface area contributed by atoms with E-state index in [1.165, 1.54) is 0 Å². The van der Waals surface area contributed by atoms with Crippen molar-refractivity contribution in [1.29, 1.82) is 0 Å². The maximum atomic E-state index is 12.6. The van der Waals surface area contributed by atoms with E-state index in [-0.39, 0.29) is 35.6 Å². The van der Waals surface area contributed by atoms with Gasteiger partial charge in [-0.1, -0.05) is 12.1 Å². The molecule has 2 atom stereocenters. The average Bonchev–Trinajstić information content (AvgIpc) is 3.35. The number of amides is 2. The summed E-state index contributed by atoms with van der Waals surface area (Å²) in [6.45, 7) is 6.96. The molecule has 1 fully saturated rings. The van der Waals surface area contributed by atoms with Crippen LogP contribution < -0.4 is 10.6 Å². The van der Waals surface area contributed by atoms with Gasteiger partial charge in [0.25, 0.3) is 5.91 Å². The molecule has 1 aliphatic rings. The van der Waals surface area contributed by atoms with E-state index in [9.17, 15) is 9.59 Å². The molecule has 0 aliphatic carbocycles. The second-order valence-electron chi connectivity index (χ2n) is 7.18. The first kappa shape index (κ1) is 19.2. The van der Waals surface area contributed by atoms with E-state index in [1.54, 1.807) is 18.6 Å². The van der Waals surface area contributed by atoms with Crippen LogP contribution in [0.25, 0.3) is 0 Å². The summed E-state index contributed by atoms with van der Waals surface area (Å²) < 4.78 is 10.2. The van der Waals surface area contributed by atoms with Gasteiger partial charge in [0.15, 0.2) is 5.69 Å². The molecule has 3 heterocycles. The third-order valence-corrected chi connectivity index (χ3v) is 4.58. The quantitative estimate of drug-likeness (QED) is 0.765. The fourth-order valence-electron chi connectivity index (χ4n) is 3.30. The number of rotatable bonds is 7. The number of hydrogen-bond donors (Lipinski definition) is 2. The Labute approximate surface area is 158 Å². The second-order valence-corrected chi connectivity index (χ2v) is 7.18. The van der Waals surface area contributed by atoms with Crippen molar-refractivity contribution in [2.75, 3.05) is 6.54 Å².